The van der Waals surface area contributed by atoms with E-state index >= 15 is 0 Å². The van der Waals surface area contributed by atoms with Gasteiger partial charge >= 0.3 is 6.61 Å². The minimum Gasteiger partial charge on any atom is -0.493 e. The van der Waals surface area contributed by atoms with Gasteiger partial charge in [-0.05, 0) is 37.3 Å². The second kappa shape index (κ2) is 9.74. The molecule has 0 saturated heterocycles. The number of hydrogen-bond acceptors (Lipinski definition) is 6. The number of nitrogens with zero attached hydrogens (tertiary/aromatic N) is 2. The molecule has 0 atom stereocenters. The van der Waals surface area contributed by atoms with Crippen molar-refractivity contribution in [3.63, 3.8) is 0 Å². The highest BCUT2D eigenvalue weighted by atomic mass is 19.3. The lowest BCUT2D eigenvalue weighted by Gasteiger charge is -2.11. The van der Waals surface area contributed by atoms with E-state index in [4.69, 9.17) is 9.15 Å². The van der Waals surface area contributed by atoms with E-state index in [2.05, 4.69) is 20.5 Å². The molecule has 0 unspecified atom stereocenters. The van der Waals surface area contributed by atoms with Gasteiger partial charge in [-0.2, -0.15) is 13.9 Å². The molecule has 0 aliphatic heterocycles. The molecule has 31 heavy (non-hydrogen) atoms. The number of furan rings is 1. The quantitative estimate of drug-likeness (QED) is 0.535. The van der Waals surface area contributed by atoms with Crippen LogP contribution in [0.15, 0.2) is 47.2 Å². The van der Waals surface area contributed by atoms with Crippen LogP contribution in [-0.2, 0) is 13.1 Å². The fourth-order valence-electron chi connectivity index (χ4n) is 2.70. The van der Waals surface area contributed by atoms with Gasteiger partial charge in [-0.3, -0.25) is 14.3 Å². The van der Waals surface area contributed by atoms with Crippen molar-refractivity contribution in [2.75, 3.05) is 12.4 Å². The summed E-state index contributed by atoms with van der Waals surface area (Å²) in [7, 11) is 1.27. The lowest BCUT2D eigenvalue weighted by Crippen LogP contribution is -2.25. The van der Waals surface area contributed by atoms with E-state index < -0.39 is 18.4 Å². The second-order valence-corrected chi connectivity index (χ2v) is 6.21. The van der Waals surface area contributed by atoms with Crippen molar-refractivity contribution in [2.45, 2.75) is 26.6 Å². The molecule has 1 aromatic carbocycles. The van der Waals surface area contributed by atoms with Gasteiger partial charge in [0, 0.05) is 18.3 Å². The Morgan fingerprint density at radius 3 is 2.68 bits per heavy atom. The highest BCUT2D eigenvalue weighted by molar-refractivity contribution is 6.08. The van der Waals surface area contributed by atoms with Crippen molar-refractivity contribution >= 4 is 17.5 Å². The summed E-state index contributed by atoms with van der Waals surface area (Å²) in [5, 5.41) is 9.47. The average Bonchev–Trinajstić information content (AvgIpc) is 3.41. The van der Waals surface area contributed by atoms with E-state index in [1.807, 2.05) is 6.92 Å². The van der Waals surface area contributed by atoms with Gasteiger partial charge in [0.2, 0.25) is 0 Å². The number of rotatable bonds is 9. The van der Waals surface area contributed by atoms with Crippen molar-refractivity contribution in [3.8, 4) is 11.5 Å². The normalized spacial score (nSPS) is 10.7. The topological polar surface area (TPSA) is 108 Å². The Bertz CT molecular complexity index is 1050. The molecule has 2 N–H and O–H groups in total. The summed E-state index contributed by atoms with van der Waals surface area (Å²) in [5.41, 5.74) is 0.326. The van der Waals surface area contributed by atoms with E-state index in [1.54, 1.807) is 12.1 Å². The lowest BCUT2D eigenvalue weighted by molar-refractivity contribution is -0.0512. The van der Waals surface area contributed by atoms with Crippen LogP contribution in [0.4, 0.5) is 14.5 Å². The molecule has 0 spiro atoms. The van der Waals surface area contributed by atoms with Gasteiger partial charge in [0.25, 0.3) is 11.8 Å². The van der Waals surface area contributed by atoms with Crippen LogP contribution in [0.3, 0.4) is 0 Å². The van der Waals surface area contributed by atoms with Crippen LogP contribution in [0.1, 0.15) is 33.5 Å². The summed E-state index contributed by atoms with van der Waals surface area (Å²) in [6, 6.07) is 7.17. The molecule has 0 aliphatic carbocycles. The van der Waals surface area contributed by atoms with Crippen LogP contribution in [-0.4, -0.2) is 35.3 Å². The number of ether oxygens (including phenoxy) is 2. The highest BCUT2D eigenvalue weighted by Gasteiger charge is 2.20. The van der Waals surface area contributed by atoms with Crippen LogP contribution in [0.25, 0.3) is 0 Å². The maximum Gasteiger partial charge on any atom is 0.387 e. The molecule has 0 aliphatic rings. The Morgan fingerprint density at radius 2 is 2.03 bits per heavy atom. The summed E-state index contributed by atoms with van der Waals surface area (Å²) in [6.07, 6.45) is 3.01. The summed E-state index contributed by atoms with van der Waals surface area (Å²) in [5.74, 6) is -0.763. The third kappa shape index (κ3) is 5.38. The molecule has 11 heteroatoms. The third-order valence-electron chi connectivity index (χ3n) is 4.19. The zero-order chi connectivity index (χ0) is 22.4. The Hall–Kier alpha value is -3.89. The van der Waals surface area contributed by atoms with Crippen LogP contribution in [0.2, 0.25) is 0 Å². The van der Waals surface area contributed by atoms with Crippen molar-refractivity contribution in [3.05, 3.63) is 59.8 Å². The van der Waals surface area contributed by atoms with Crippen LogP contribution >= 0.6 is 0 Å². The molecule has 2 heterocycles. The largest absolute Gasteiger partial charge is 0.493 e. The number of carbonyl (C=O) groups excluding carboxylic acids is 2. The van der Waals surface area contributed by atoms with E-state index in [9.17, 15) is 18.4 Å². The first-order chi connectivity index (χ1) is 14.9. The van der Waals surface area contributed by atoms with Gasteiger partial charge in [0.05, 0.1) is 25.6 Å². The van der Waals surface area contributed by atoms with Crippen molar-refractivity contribution in [2.24, 2.45) is 0 Å². The first-order valence-electron chi connectivity index (χ1n) is 9.23. The average molecular weight is 434 g/mol. The maximum absolute atomic E-state index is 12.7. The Morgan fingerprint density at radius 1 is 1.23 bits per heavy atom. The molecule has 3 aromatic rings. The minimum atomic E-state index is -3.03. The van der Waals surface area contributed by atoms with Crippen molar-refractivity contribution in [1.82, 2.24) is 15.1 Å². The van der Waals surface area contributed by atoms with Crippen LogP contribution < -0.4 is 20.1 Å². The Labute approximate surface area is 175 Å². The molecule has 0 radical (unpaired) electrons. The van der Waals surface area contributed by atoms with E-state index in [0.29, 0.717) is 12.3 Å². The minimum absolute atomic E-state index is 0.0198. The maximum atomic E-state index is 12.7. The van der Waals surface area contributed by atoms with Crippen LogP contribution in [0.5, 0.6) is 11.5 Å². The Kier molecular flexibility index (Phi) is 6.85. The van der Waals surface area contributed by atoms with E-state index in [1.165, 1.54) is 42.5 Å². The first kappa shape index (κ1) is 21.8. The molecule has 0 saturated carbocycles. The number of aryl methyl sites for hydroxylation is 1. The standard InChI is InChI=1S/C20H20F2N4O5/c1-3-26-11-14(17(25-26)19(28)23-10-13-5-4-8-30-13)24-18(27)12-6-7-15(31-20(21)22)16(9-12)29-2/h4-9,11,20H,3,10H2,1-2H3,(H,23,28)(H,24,27). The smallest absolute Gasteiger partial charge is 0.387 e. The SMILES string of the molecule is CCn1cc(NC(=O)c2ccc(OC(F)F)c(OC)c2)c(C(=O)NCc2ccco2)n1. The third-order valence-corrected chi connectivity index (χ3v) is 4.19. The monoisotopic (exact) mass is 434 g/mol. The highest BCUT2D eigenvalue weighted by Crippen LogP contribution is 2.30. The molecule has 9 nitrogen and oxygen atoms in total. The van der Waals surface area contributed by atoms with E-state index in [-0.39, 0.29) is 35.0 Å². The van der Waals surface area contributed by atoms with Gasteiger partial charge in [0.15, 0.2) is 17.2 Å². The number of halogens is 2. The second-order valence-electron chi connectivity index (χ2n) is 6.21. The number of benzene rings is 1. The molecule has 2 aromatic heterocycles. The van der Waals surface area contributed by atoms with Gasteiger partial charge in [-0.15, -0.1) is 0 Å². The summed E-state index contributed by atoms with van der Waals surface area (Å²) < 4.78 is 41.0. The predicted octanol–water partition coefficient (Wildman–Crippen LogP) is 3.29. The lowest BCUT2D eigenvalue weighted by atomic mass is 10.2. The number of carbonyl (C=O) groups is 2. The number of methoxy groups -OCH3 is 1. The zero-order valence-electron chi connectivity index (χ0n) is 16.7. The van der Waals surface area contributed by atoms with Crippen molar-refractivity contribution in [1.29, 1.82) is 0 Å². The van der Waals surface area contributed by atoms with Gasteiger partial charge in [-0.25, -0.2) is 0 Å². The van der Waals surface area contributed by atoms with Gasteiger partial charge in [0.1, 0.15) is 5.76 Å². The number of nitrogens with one attached hydrogen (secondary N) is 2. The fourth-order valence-corrected chi connectivity index (χ4v) is 2.70. The number of anilines is 1. The molecule has 0 bridgehead atoms. The fraction of sp³-hybridized carbons (Fsp3) is 0.250. The first-order valence-corrected chi connectivity index (χ1v) is 9.23. The zero-order valence-corrected chi connectivity index (χ0v) is 16.7. The number of amides is 2. The number of aromatic nitrogens is 2. The molecule has 164 valence electrons. The molecule has 0 fully saturated rings. The molecule has 3 rings (SSSR count). The summed E-state index contributed by atoms with van der Waals surface area (Å²) >= 11 is 0. The summed E-state index contributed by atoms with van der Waals surface area (Å²) in [4.78, 5) is 25.3. The van der Waals surface area contributed by atoms with E-state index in [0.717, 1.165) is 0 Å². The summed E-state index contributed by atoms with van der Waals surface area (Å²) in [6.45, 7) is -0.575. The van der Waals surface area contributed by atoms with Gasteiger partial charge < -0.3 is 24.5 Å². The van der Waals surface area contributed by atoms with Crippen molar-refractivity contribution < 1.29 is 32.3 Å². The number of hydrogen-bond donors (Lipinski definition) is 2. The van der Waals surface area contributed by atoms with Gasteiger partial charge in [-0.1, -0.05) is 0 Å². The van der Waals surface area contributed by atoms with Crippen LogP contribution in [0, 0.1) is 0 Å². The molecular formula is C20H20F2N4O5. The number of alkyl halides is 2. The predicted molar refractivity (Wildman–Crippen MR) is 105 cm³/mol. The molecular weight excluding hydrogens is 414 g/mol. The Balaban J connectivity index is 1.77. The molecule has 2 amide bonds.